The fourth-order valence-corrected chi connectivity index (χ4v) is 5.00. The fourth-order valence-electron chi connectivity index (χ4n) is 5.00. The summed E-state index contributed by atoms with van der Waals surface area (Å²) >= 11 is 0. The minimum Gasteiger partial charge on any atom is -0.370 e. The van der Waals surface area contributed by atoms with E-state index in [0.717, 1.165) is 11.8 Å². The van der Waals surface area contributed by atoms with Crippen LogP contribution in [0.5, 0.6) is 0 Å². The minimum atomic E-state index is -0.628. The standard InChI is InChI=1S/C21H21F3N4O/c22-15-7-14(8-16(23)9-15)19-1-4-27-13-21(20(29)28(19)27)2-5-26(6-3-21)18-10-17(24)11-25-12-18/h7-12,19H,1-6,13H2/t19-/m0/s1. The van der Waals surface area contributed by atoms with Gasteiger partial charge in [0.15, 0.2) is 0 Å². The van der Waals surface area contributed by atoms with Crippen molar-refractivity contribution in [3.63, 3.8) is 0 Å². The van der Waals surface area contributed by atoms with Gasteiger partial charge in [-0.1, -0.05) is 0 Å². The summed E-state index contributed by atoms with van der Waals surface area (Å²) in [5, 5.41) is 3.74. The first-order chi connectivity index (χ1) is 13.9. The first-order valence-corrected chi connectivity index (χ1v) is 9.85. The molecule has 1 amide bonds. The number of benzene rings is 1. The van der Waals surface area contributed by atoms with Gasteiger partial charge in [-0.25, -0.2) is 18.2 Å². The monoisotopic (exact) mass is 402 g/mol. The molecule has 29 heavy (non-hydrogen) atoms. The molecule has 0 N–H and O–H groups in total. The Morgan fingerprint density at radius 1 is 0.931 bits per heavy atom. The Bertz CT molecular complexity index is 940. The summed E-state index contributed by atoms with van der Waals surface area (Å²) in [6.07, 6.45) is 4.77. The smallest absolute Gasteiger partial charge is 0.245 e. The molecular weight excluding hydrogens is 381 g/mol. The molecule has 3 aliphatic heterocycles. The summed E-state index contributed by atoms with van der Waals surface area (Å²) in [5.74, 6) is -1.60. The van der Waals surface area contributed by atoms with Crippen LogP contribution in [0.2, 0.25) is 0 Å². The van der Waals surface area contributed by atoms with E-state index in [4.69, 9.17) is 0 Å². The lowest BCUT2D eigenvalue weighted by Gasteiger charge is -2.38. The predicted octanol–water partition coefficient (Wildman–Crippen LogP) is 3.29. The Labute approximate surface area is 166 Å². The maximum Gasteiger partial charge on any atom is 0.245 e. The maximum atomic E-state index is 13.7. The van der Waals surface area contributed by atoms with Crippen LogP contribution in [0, 0.1) is 22.9 Å². The van der Waals surface area contributed by atoms with Crippen molar-refractivity contribution in [1.29, 1.82) is 0 Å². The summed E-state index contributed by atoms with van der Waals surface area (Å²) < 4.78 is 40.9. The van der Waals surface area contributed by atoms with Gasteiger partial charge in [-0.15, -0.1) is 0 Å². The van der Waals surface area contributed by atoms with Crippen molar-refractivity contribution >= 4 is 11.6 Å². The molecule has 3 saturated heterocycles. The number of anilines is 1. The molecule has 0 bridgehead atoms. The number of pyridine rings is 1. The number of fused-ring (bicyclic) bond motifs is 1. The molecule has 0 saturated carbocycles. The number of rotatable bonds is 2. The van der Waals surface area contributed by atoms with E-state index in [-0.39, 0.29) is 17.8 Å². The van der Waals surface area contributed by atoms with Crippen LogP contribution < -0.4 is 4.90 Å². The lowest BCUT2D eigenvalue weighted by atomic mass is 9.77. The summed E-state index contributed by atoms with van der Waals surface area (Å²) in [4.78, 5) is 19.4. The van der Waals surface area contributed by atoms with Gasteiger partial charge < -0.3 is 4.90 Å². The number of aromatic nitrogens is 1. The maximum absolute atomic E-state index is 13.7. The van der Waals surface area contributed by atoms with Crippen LogP contribution in [0.4, 0.5) is 18.9 Å². The van der Waals surface area contributed by atoms with E-state index in [0.29, 0.717) is 51.0 Å². The van der Waals surface area contributed by atoms with E-state index < -0.39 is 17.0 Å². The van der Waals surface area contributed by atoms with E-state index in [1.54, 1.807) is 11.2 Å². The van der Waals surface area contributed by atoms with Gasteiger partial charge in [0.1, 0.15) is 17.5 Å². The number of carbonyl (C=O) groups is 1. The second-order valence-corrected chi connectivity index (χ2v) is 8.17. The SMILES string of the molecule is O=C1N2[C@H](c3cc(F)cc(F)c3)CCN2CC12CCN(c1cncc(F)c1)CC2. The Morgan fingerprint density at radius 2 is 1.66 bits per heavy atom. The number of nitrogens with zero attached hydrogens (tertiary/aromatic N) is 4. The second-order valence-electron chi connectivity index (χ2n) is 8.17. The number of hydrazine groups is 1. The Morgan fingerprint density at radius 3 is 2.34 bits per heavy atom. The zero-order valence-electron chi connectivity index (χ0n) is 15.8. The zero-order valence-corrected chi connectivity index (χ0v) is 15.8. The van der Waals surface area contributed by atoms with Crippen LogP contribution >= 0.6 is 0 Å². The molecule has 152 valence electrons. The molecule has 3 fully saturated rings. The summed E-state index contributed by atoms with van der Waals surface area (Å²) in [7, 11) is 0. The zero-order chi connectivity index (χ0) is 20.2. The highest BCUT2D eigenvalue weighted by Crippen LogP contribution is 2.47. The molecule has 5 nitrogen and oxygen atoms in total. The average molecular weight is 402 g/mol. The molecule has 3 aliphatic rings. The topological polar surface area (TPSA) is 39.7 Å². The lowest BCUT2D eigenvalue weighted by molar-refractivity contribution is -0.143. The molecule has 0 radical (unpaired) electrons. The van der Waals surface area contributed by atoms with Crippen LogP contribution in [0.1, 0.15) is 30.9 Å². The van der Waals surface area contributed by atoms with E-state index in [1.165, 1.54) is 24.4 Å². The van der Waals surface area contributed by atoms with E-state index >= 15 is 0 Å². The Kier molecular flexibility index (Phi) is 4.27. The molecular formula is C21H21F3N4O. The second kappa shape index (κ2) is 6.73. The van der Waals surface area contributed by atoms with Crippen LogP contribution in [0.15, 0.2) is 36.7 Å². The number of halogens is 3. The quantitative estimate of drug-likeness (QED) is 0.773. The van der Waals surface area contributed by atoms with Gasteiger partial charge in [-0.3, -0.25) is 14.8 Å². The van der Waals surface area contributed by atoms with Crippen molar-refractivity contribution in [2.45, 2.75) is 25.3 Å². The van der Waals surface area contributed by atoms with E-state index in [9.17, 15) is 18.0 Å². The van der Waals surface area contributed by atoms with Crippen molar-refractivity contribution in [2.24, 2.45) is 5.41 Å². The van der Waals surface area contributed by atoms with Crippen molar-refractivity contribution < 1.29 is 18.0 Å². The van der Waals surface area contributed by atoms with Gasteiger partial charge >= 0.3 is 0 Å². The number of piperidine rings is 1. The van der Waals surface area contributed by atoms with Gasteiger partial charge in [0.05, 0.1) is 29.5 Å². The molecule has 8 heteroatoms. The highest BCUT2D eigenvalue weighted by atomic mass is 19.1. The number of hydrogen-bond acceptors (Lipinski definition) is 4. The van der Waals surface area contributed by atoms with Crippen LogP contribution in [-0.2, 0) is 4.79 Å². The van der Waals surface area contributed by atoms with E-state index in [1.807, 2.05) is 9.91 Å². The third-order valence-electron chi connectivity index (χ3n) is 6.45. The molecule has 0 aliphatic carbocycles. The highest BCUT2D eigenvalue weighted by Gasteiger charge is 2.56. The highest BCUT2D eigenvalue weighted by molar-refractivity contribution is 5.85. The molecule has 2 aromatic rings. The first-order valence-electron chi connectivity index (χ1n) is 9.85. The average Bonchev–Trinajstić information content (AvgIpc) is 3.20. The van der Waals surface area contributed by atoms with Gasteiger partial charge in [-0.2, -0.15) is 0 Å². The van der Waals surface area contributed by atoms with E-state index in [2.05, 4.69) is 4.98 Å². The Balaban J connectivity index is 1.35. The van der Waals surface area contributed by atoms with Gasteiger partial charge in [0.25, 0.3) is 0 Å². The van der Waals surface area contributed by atoms with Crippen molar-refractivity contribution in [2.75, 3.05) is 31.1 Å². The first kappa shape index (κ1) is 18.4. The normalized spacial score (nSPS) is 23.8. The molecule has 4 heterocycles. The number of amides is 1. The van der Waals surface area contributed by atoms with Gasteiger partial charge in [-0.05, 0) is 37.0 Å². The molecule has 5 rings (SSSR count). The van der Waals surface area contributed by atoms with Gasteiger partial charge in [0.2, 0.25) is 5.91 Å². The molecule has 1 aromatic carbocycles. The van der Waals surface area contributed by atoms with Crippen LogP contribution in [0.3, 0.4) is 0 Å². The molecule has 1 atom stereocenters. The van der Waals surface area contributed by atoms with Crippen molar-refractivity contribution in [3.8, 4) is 0 Å². The van der Waals surface area contributed by atoms with Crippen LogP contribution in [-0.4, -0.2) is 47.1 Å². The predicted molar refractivity (Wildman–Crippen MR) is 100 cm³/mol. The fraction of sp³-hybridized carbons (Fsp3) is 0.429. The molecule has 1 spiro atoms. The summed E-state index contributed by atoms with van der Waals surface area (Å²) in [6.45, 7) is 2.58. The Hall–Kier alpha value is -2.61. The summed E-state index contributed by atoms with van der Waals surface area (Å²) in [5.41, 5.74) is 0.722. The van der Waals surface area contributed by atoms with Crippen molar-refractivity contribution in [1.82, 2.24) is 15.0 Å². The lowest BCUT2D eigenvalue weighted by Crippen LogP contribution is -2.46. The number of carbonyl (C=O) groups excluding carboxylic acids is 1. The molecule has 1 aromatic heterocycles. The van der Waals surface area contributed by atoms with Crippen molar-refractivity contribution in [3.05, 3.63) is 59.7 Å². The third-order valence-corrected chi connectivity index (χ3v) is 6.45. The third kappa shape index (κ3) is 3.06. The number of hydrogen-bond donors (Lipinski definition) is 0. The molecule has 0 unspecified atom stereocenters. The largest absolute Gasteiger partial charge is 0.370 e. The van der Waals surface area contributed by atoms with Crippen LogP contribution in [0.25, 0.3) is 0 Å². The minimum absolute atomic E-state index is 0.0293. The van der Waals surface area contributed by atoms with Gasteiger partial charge in [0, 0.05) is 38.3 Å². The summed E-state index contributed by atoms with van der Waals surface area (Å²) in [6, 6.07) is 4.60.